The van der Waals surface area contributed by atoms with Crippen LogP contribution < -0.4 is 5.32 Å². The standard InChI is InChI=1S/C15H8BrCl2NO2/c16-9-5-4-8-6-13(21-12(8)7-9)15(20)19-11-3-1-2-10(17)14(11)18/h1-7H,(H,19,20). The fraction of sp³-hybridized carbons (Fsp3) is 0. The van der Waals surface area contributed by atoms with E-state index in [-0.39, 0.29) is 11.7 Å². The van der Waals surface area contributed by atoms with Gasteiger partial charge in [-0.3, -0.25) is 4.79 Å². The van der Waals surface area contributed by atoms with Gasteiger partial charge < -0.3 is 9.73 Å². The number of carbonyl (C=O) groups is 1. The molecule has 3 rings (SSSR count). The second-order valence-corrected chi connectivity index (χ2v) is 6.05. The largest absolute Gasteiger partial charge is 0.451 e. The maximum atomic E-state index is 12.2. The van der Waals surface area contributed by atoms with Crippen LogP contribution in [0.4, 0.5) is 5.69 Å². The van der Waals surface area contributed by atoms with Gasteiger partial charge in [-0.2, -0.15) is 0 Å². The molecule has 1 heterocycles. The van der Waals surface area contributed by atoms with Gasteiger partial charge in [-0.1, -0.05) is 45.2 Å². The zero-order valence-electron chi connectivity index (χ0n) is 10.5. The molecule has 0 bridgehead atoms. The number of hydrogen-bond acceptors (Lipinski definition) is 2. The molecular weight excluding hydrogens is 377 g/mol. The van der Waals surface area contributed by atoms with Crippen molar-refractivity contribution in [3.63, 3.8) is 0 Å². The number of rotatable bonds is 2. The molecule has 106 valence electrons. The van der Waals surface area contributed by atoms with Crippen molar-refractivity contribution in [3.8, 4) is 0 Å². The number of furan rings is 1. The molecule has 0 fully saturated rings. The first-order valence-electron chi connectivity index (χ1n) is 5.99. The monoisotopic (exact) mass is 383 g/mol. The highest BCUT2D eigenvalue weighted by Crippen LogP contribution is 2.30. The van der Waals surface area contributed by atoms with E-state index in [1.165, 1.54) is 0 Å². The molecule has 3 aromatic rings. The summed E-state index contributed by atoms with van der Waals surface area (Å²) in [6, 6.07) is 12.3. The molecular formula is C15H8BrCl2NO2. The minimum absolute atomic E-state index is 0.208. The number of nitrogens with one attached hydrogen (secondary N) is 1. The van der Waals surface area contributed by atoms with Crippen molar-refractivity contribution in [2.24, 2.45) is 0 Å². The van der Waals surface area contributed by atoms with Crippen molar-refractivity contribution in [1.82, 2.24) is 0 Å². The lowest BCUT2D eigenvalue weighted by molar-refractivity contribution is 0.0998. The van der Waals surface area contributed by atoms with Crippen LogP contribution in [-0.4, -0.2) is 5.91 Å². The summed E-state index contributed by atoms with van der Waals surface area (Å²) >= 11 is 15.3. The van der Waals surface area contributed by atoms with Gasteiger partial charge in [-0.15, -0.1) is 0 Å². The lowest BCUT2D eigenvalue weighted by Gasteiger charge is -2.06. The SMILES string of the molecule is O=C(Nc1cccc(Cl)c1Cl)c1cc2ccc(Br)cc2o1. The molecule has 1 N–H and O–H groups in total. The number of amides is 1. The molecule has 0 atom stereocenters. The first-order chi connectivity index (χ1) is 10.0. The molecule has 0 aliphatic carbocycles. The van der Waals surface area contributed by atoms with Crippen LogP contribution in [0.2, 0.25) is 10.0 Å². The van der Waals surface area contributed by atoms with E-state index in [2.05, 4.69) is 21.2 Å². The van der Waals surface area contributed by atoms with Crippen LogP contribution in [0.15, 0.2) is 51.4 Å². The minimum atomic E-state index is -0.383. The average Bonchev–Trinajstić information content (AvgIpc) is 2.87. The van der Waals surface area contributed by atoms with E-state index in [0.29, 0.717) is 21.3 Å². The summed E-state index contributed by atoms with van der Waals surface area (Å²) < 4.78 is 6.42. The fourth-order valence-electron chi connectivity index (χ4n) is 1.90. The van der Waals surface area contributed by atoms with Crippen LogP contribution in [0.3, 0.4) is 0 Å². The number of anilines is 1. The number of fused-ring (bicyclic) bond motifs is 1. The Morgan fingerprint density at radius 2 is 1.95 bits per heavy atom. The fourth-order valence-corrected chi connectivity index (χ4v) is 2.59. The topological polar surface area (TPSA) is 42.2 Å². The highest BCUT2D eigenvalue weighted by molar-refractivity contribution is 9.10. The van der Waals surface area contributed by atoms with Gasteiger partial charge in [-0.05, 0) is 36.4 Å². The summed E-state index contributed by atoms with van der Waals surface area (Å²) in [6.07, 6.45) is 0. The molecule has 0 saturated carbocycles. The van der Waals surface area contributed by atoms with Crippen LogP contribution >= 0.6 is 39.1 Å². The Kier molecular flexibility index (Phi) is 3.93. The summed E-state index contributed by atoms with van der Waals surface area (Å²) in [4.78, 5) is 12.2. The van der Waals surface area contributed by atoms with Crippen LogP contribution in [0.25, 0.3) is 11.0 Å². The molecule has 0 saturated heterocycles. The average molecular weight is 385 g/mol. The van der Waals surface area contributed by atoms with E-state index < -0.39 is 0 Å². The lowest BCUT2D eigenvalue weighted by atomic mass is 10.2. The highest BCUT2D eigenvalue weighted by Gasteiger charge is 2.14. The van der Waals surface area contributed by atoms with Crippen molar-refractivity contribution in [3.05, 3.63) is 62.7 Å². The Balaban J connectivity index is 1.91. The van der Waals surface area contributed by atoms with E-state index >= 15 is 0 Å². The molecule has 0 spiro atoms. The van der Waals surface area contributed by atoms with Crippen LogP contribution in [0, 0.1) is 0 Å². The highest BCUT2D eigenvalue weighted by atomic mass is 79.9. The third-order valence-electron chi connectivity index (χ3n) is 2.91. The maximum Gasteiger partial charge on any atom is 0.291 e. The first-order valence-corrected chi connectivity index (χ1v) is 7.54. The number of benzene rings is 2. The lowest BCUT2D eigenvalue weighted by Crippen LogP contribution is -2.11. The second-order valence-electron chi connectivity index (χ2n) is 4.35. The second kappa shape index (κ2) is 5.72. The predicted molar refractivity (Wildman–Crippen MR) is 88.3 cm³/mol. The van der Waals surface area contributed by atoms with Crippen molar-refractivity contribution < 1.29 is 9.21 Å². The van der Waals surface area contributed by atoms with Gasteiger partial charge in [0.2, 0.25) is 0 Å². The van der Waals surface area contributed by atoms with E-state index in [4.69, 9.17) is 27.6 Å². The van der Waals surface area contributed by atoms with Crippen molar-refractivity contribution in [2.45, 2.75) is 0 Å². The third kappa shape index (κ3) is 2.93. The zero-order valence-corrected chi connectivity index (χ0v) is 13.6. The van der Waals surface area contributed by atoms with Gasteiger partial charge in [0.05, 0.1) is 15.7 Å². The number of hydrogen-bond donors (Lipinski definition) is 1. The maximum absolute atomic E-state index is 12.2. The molecule has 21 heavy (non-hydrogen) atoms. The van der Waals surface area contributed by atoms with Gasteiger partial charge in [0.25, 0.3) is 5.91 Å². The van der Waals surface area contributed by atoms with Gasteiger partial charge in [0.15, 0.2) is 5.76 Å². The summed E-state index contributed by atoms with van der Waals surface area (Å²) in [5.41, 5.74) is 1.07. The van der Waals surface area contributed by atoms with Crippen molar-refractivity contribution >= 4 is 61.7 Å². The molecule has 1 aromatic heterocycles. The minimum Gasteiger partial charge on any atom is -0.451 e. The molecule has 2 aromatic carbocycles. The van der Waals surface area contributed by atoms with Crippen molar-refractivity contribution in [1.29, 1.82) is 0 Å². The van der Waals surface area contributed by atoms with Crippen LogP contribution in [0.1, 0.15) is 10.6 Å². The van der Waals surface area contributed by atoms with Gasteiger partial charge in [-0.25, -0.2) is 0 Å². The van der Waals surface area contributed by atoms with Gasteiger partial charge in [0, 0.05) is 9.86 Å². The quantitative estimate of drug-likeness (QED) is 0.610. The smallest absolute Gasteiger partial charge is 0.291 e. The molecule has 3 nitrogen and oxygen atoms in total. The number of carbonyl (C=O) groups excluding carboxylic acids is 1. The Labute approximate surface area is 139 Å². The normalized spacial score (nSPS) is 10.8. The predicted octanol–water partition coefficient (Wildman–Crippen LogP) is 5.75. The van der Waals surface area contributed by atoms with Gasteiger partial charge in [0.1, 0.15) is 5.58 Å². The molecule has 0 aliphatic heterocycles. The van der Waals surface area contributed by atoms with E-state index in [1.807, 2.05) is 12.1 Å². The molecule has 1 amide bonds. The Morgan fingerprint density at radius 1 is 1.14 bits per heavy atom. The Morgan fingerprint density at radius 3 is 2.76 bits per heavy atom. The first kappa shape index (κ1) is 14.4. The Hall–Kier alpha value is -1.49. The zero-order chi connectivity index (χ0) is 15.0. The van der Waals surface area contributed by atoms with Gasteiger partial charge >= 0.3 is 0 Å². The summed E-state index contributed by atoms with van der Waals surface area (Å²) in [5, 5.41) is 4.21. The molecule has 0 aliphatic rings. The van der Waals surface area contributed by atoms with Crippen LogP contribution in [0.5, 0.6) is 0 Å². The summed E-state index contributed by atoms with van der Waals surface area (Å²) in [6.45, 7) is 0. The van der Waals surface area contributed by atoms with E-state index in [9.17, 15) is 4.79 Å². The molecule has 0 radical (unpaired) electrons. The van der Waals surface area contributed by atoms with E-state index in [0.717, 1.165) is 9.86 Å². The Bertz CT molecular complexity index is 845. The summed E-state index contributed by atoms with van der Waals surface area (Å²) in [5.74, 6) is -0.175. The van der Waals surface area contributed by atoms with E-state index in [1.54, 1.807) is 30.3 Å². The molecule has 6 heteroatoms. The number of halogens is 3. The third-order valence-corrected chi connectivity index (χ3v) is 4.22. The molecule has 0 unspecified atom stereocenters. The summed E-state index contributed by atoms with van der Waals surface area (Å²) in [7, 11) is 0. The van der Waals surface area contributed by atoms with Crippen LogP contribution in [-0.2, 0) is 0 Å². The van der Waals surface area contributed by atoms with Crippen molar-refractivity contribution in [2.75, 3.05) is 5.32 Å².